The Labute approximate surface area is 164 Å². The number of benzene rings is 1. The highest BCUT2D eigenvalue weighted by atomic mass is 16.1. The monoisotopic (exact) mass is 373 g/mol. The van der Waals surface area contributed by atoms with E-state index in [0.717, 1.165) is 31.6 Å². The van der Waals surface area contributed by atoms with Crippen LogP contribution in [0, 0.1) is 0 Å². The normalized spacial score (nSPS) is 14.9. The number of carbonyl (C=O) groups excluding carboxylic acids is 1. The number of nitrogens with one attached hydrogen (secondary N) is 1. The van der Waals surface area contributed by atoms with Gasteiger partial charge in [0.1, 0.15) is 0 Å². The molecular formula is C22H23N5O. The second kappa shape index (κ2) is 8.27. The molecule has 0 saturated heterocycles. The molecule has 1 aromatic carbocycles. The number of aromatic nitrogens is 3. The van der Waals surface area contributed by atoms with Crippen LogP contribution in [-0.2, 0) is 13.0 Å². The van der Waals surface area contributed by atoms with E-state index in [0.29, 0.717) is 11.4 Å². The lowest BCUT2D eigenvalue weighted by Gasteiger charge is -2.31. The van der Waals surface area contributed by atoms with Crippen LogP contribution >= 0.6 is 0 Å². The minimum absolute atomic E-state index is 0.0395. The Balaban J connectivity index is 1.33. The summed E-state index contributed by atoms with van der Waals surface area (Å²) in [7, 11) is 0. The van der Waals surface area contributed by atoms with Crippen molar-refractivity contribution in [3.63, 3.8) is 0 Å². The molecule has 1 atom stereocenters. The Kier molecular flexibility index (Phi) is 5.39. The highest BCUT2D eigenvalue weighted by molar-refractivity contribution is 5.93. The van der Waals surface area contributed by atoms with Crippen molar-refractivity contribution in [2.75, 3.05) is 13.1 Å². The van der Waals surface area contributed by atoms with Crippen LogP contribution in [0.1, 0.15) is 28.4 Å². The number of pyridine rings is 1. The first-order valence-corrected chi connectivity index (χ1v) is 9.51. The summed E-state index contributed by atoms with van der Waals surface area (Å²) in [5.74, 6) is 0.435. The molecule has 3 heterocycles. The molecule has 1 N–H and O–H groups in total. The predicted molar refractivity (Wildman–Crippen MR) is 108 cm³/mol. The lowest BCUT2D eigenvalue weighted by molar-refractivity contribution is 0.0926. The lowest BCUT2D eigenvalue weighted by Crippen LogP contribution is -2.43. The number of rotatable bonds is 5. The molecule has 0 aliphatic carbocycles. The zero-order chi connectivity index (χ0) is 19.3. The Morgan fingerprint density at radius 3 is 2.57 bits per heavy atom. The van der Waals surface area contributed by atoms with Gasteiger partial charge in [0, 0.05) is 56.0 Å². The maximum Gasteiger partial charge on any atom is 0.254 e. The number of carbonyl (C=O) groups is 1. The van der Waals surface area contributed by atoms with Gasteiger partial charge in [0.15, 0.2) is 5.82 Å². The standard InChI is InChI=1S/C22H23N5O/c1-16(14-27-11-8-17-4-2-3-5-19(17)15-27)26-22(28)20-12-24-21(25-13-20)18-6-9-23-10-7-18/h2-7,9-10,12-13,16H,8,11,14-15H2,1H3,(H,26,28)/t16-/m1/s1. The fourth-order valence-corrected chi connectivity index (χ4v) is 3.55. The maximum absolute atomic E-state index is 12.5. The van der Waals surface area contributed by atoms with Crippen molar-refractivity contribution >= 4 is 5.91 Å². The van der Waals surface area contributed by atoms with Crippen LogP contribution in [0.5, 0.6) is 0 Å². The quantitative estimate of drug-likeness (QED) is 0.745. The van der Waals surface area contributed by atoms with Crippen LogP contribution in [-0.4, -0.2) is 44.9 Å². The molecule has 0 radical (unpaired) electrons. The van der Waals surface area contributed by atoms with Gasteiger partial charge in [-0.3, -0.25) is 14.7 Å². The van der Waals surface area contributed by atoms with Crippen LogP contribution < -0.4 is 5.32 Å². The first-order chi connectivity index (χ1) is 13.7. The number of fused-ring (bicyclic) bond motifs is 1. The third kappa shape index (κ3) is 4.23. The van der Waals surface area contributed by atoms with E-state index in [4.69, 9.17) is 0 Å². The number of nitrogens with zero attached hydrogens (tertiary/aromatic N) is 4. The van der Waals surface area contributed by atoms with E-state index in [9.17, 15) is 4.79 Å². The van der Waals surface area contributed by atoms with Gasteiger partial charge in [-0.25, -0.2) is 9.97 Å². The van der Waals surface area contributed by atoms with Gasteiger partial charge in [0.05, 0.1) is 5.56 Å². The molecule has 4 rings (SSSR count). The molecule has 0 bridgehead atoms. The predicted octanol–water partition coefficient (Wildman–Crippen LogP) is 2.72. The van der Waals surface area contributed by atoms with Crippen LogP contribution in [0.25, 0.3) is 11.4 Å². The summed E-state index contributed by atoms with van der Waals surface area (Å²) in [6.45, 7) is 4.79. The molecule has 0 fully saturated rings. The van der Waals surface area contributed by atoms with Crippen molar-refractivity contribution in [2.45, 2.75) is 25.9 Å². The summed E-state index contributed by atoms with van der Waals surface area (Å²) in [5.41, 5.74) is 4.16. The van der Waals surface area contributed by atoms with E-state index in [1.54, 1.807) is 24.8 Å². The lowest BCUT2D eigenvalue weighted by atomic mass is 10.00. The zero-order valence-electron chi connectivity index (χ0n) is 15.9. The first kappa shape index (κ1) is 18.3. The molecule has 6 nitrogen and oxygen atoms in total. The van der Waals surface area contributed by atoms with Gasteiger partial charge in [-0.15, -0.1) is 0 Å². The summed E-state index contributed by atoms with van der Waals surface area (Å²) in [6.07, 6.45) is 7.59. The van der Waals surface area contributed by atoms with Crippen molar-refractivity contribution in [3.05, 3.63) is 77.9 Å². The van der Waals surface area contributed by atoms with E-state index in [2.05, 4.69) is 49.4 Å². The van der Waals surface area contributed by atoms with Crippen molar-refractivity contribution in [1.29, 1.82) is 0 Å². The Bertz CT molecular complexity index is 943. The molecule has 1 aliphatic rings. The molecule has 1 amide bonds. The molecule has 0 spiro atoms. The van der Waals surface area contributed by atoms with Gasteiger partial charge in [0.2, 0.25) is 0 Å². The molecule has 2 aromatic heterocycles. The smallest absolute Gasteiger partial charge is 0.254 e. The zero-order valence-corrected chi connectivity index (χ0v) is 15.9. The molecule has 142 valence electrons. The fourth-order valence-electron chi connectivity index (χ4n) is 3.55. The van der Waals surface area contributed by atoms with E-state index >= 15 is 0 Å². The van der Waals surface area contributed by atoms with E-state index in [1.807, 2.05) is 19.1 Å². The van der Waals surface area contributed by atoms with Gasteiger partial charge >= 0.3 is 0 Å². The van der Waals surface area contributed by atoms with Gasteiger partial charge in [0.25, 0.3) is 5.91 Å². The SMILES string of the molecule is C[C@H](CN1CCc2ccccc2C1)NC(=O)c1cnc(-c2ccncc2)nc1. The fraction of sp³-hybridized carbons (Fsp3) is 0.273. The van der Waals surface area contributed by atoms with Crippen LogP contribution in [0.4, 0.5) is 0 Å². The van der Waals surface area contributed by atoms with Gasteiger partial charge in [-0.05, 0) is 36.6 Å². The van der Waals surface area contributed by atoms with Crippen molar-refractivity contribution in [1.82, 2.24) is 25.2 Å². The topological polar surface area (TPSA) is 71.0 Å². The highest BCUT2D eigenvalue weighted by Gasteiger charge is 2.19. The average Bonchev–Trinajstić information content (AvgIpc) is 2.74. The summed E-state index contributed by atoms with van der Waals surface area (Å²) in [5, 5.41) is 3.06. The molecule has 0 unspecified atom stereocenters. The Hall–Kier alpha value is -3.12. The minimum atomic E-state index is -0.147. The average molecular weight is 373 g/mol. The van der Waals surface area contributed by atoms with Crippen LogP contribution in [0.3, 0.4) is 0 Å². The molecule has 1 aliphatic heterocycles. The minimum Gasteiger partial charge on any atom is -0.348 e. The Morgan fingerprint density at radius 2 is 1.82 bits per heavy atom. The summed E-state index contributed by atoms with van der Waals surface area (Å²) in [6, 6.07) is 12.3. The summed E-state index contributed by atoms with van der Waals surface area (Å²) in [4.78, 5) is 27.5. The third-order valence-corrected chi connectivity index (χ3v) is 4.97. The second-order valence-electron chi connectivity index (χ2n) is 7.16. The molecule has 6 heteroatoms. The van der Waals surface area contributed by atoms with Crippen molar-refractivity contribution in [2.24, 2.45) is 0 Å². The van der Waals surface area contributed by atoms with Gasteiger partial charge in [-0.1, -0.05) is 24.3 Å². The summed E-state index contributed by atoms with van der Waals surface area (Å²) >= 11 is 0. The van der Waals surface area contributed by atoms with E-state index < -0.39 is 0 Å². The largest absolute Gasteiger partial charge is 0.348 e. The Morgan fingerprint density at radius 1 is 1.11 bits per heavy atom. The molecule has 0 saturated carbocycles. The highest BCUT2D eigenvalue weighted by Crippen LogP contribution is 2.18. The molecule has 28 heavy (non-hydrogen) atoms. The number of hydrogen-bond acceptors (Lipinski definition) is 5. The number of hydrogen-bond donors (Lipinski definition) is 1. The van der Waals surface area contributed by atoms with Crippen LogP contribution in [0.2, 0.25) is 0 Å². The maximum atomic E-state index is 12.5. The van der Waals surface area contributed by atoms with Gasteiger partial charge < -0.3 is 5.32 Å². The van der Waals surface area contributed by atoms with Crippen molar-refractivity contribution in [3.8, 4) is 11.4 Å². The van der Waals surface area contributed by atoms with E-state index in [-0.39, 0.29) is 11.9 Å². The first-order valence-electron chi connectivity index (χ1n) is 9.51. The summed E-state index contributed by atoms with van der Waals surface area (Å²) < 4.78 is 0. The van der Waals surface area contributed by atoms with Crippen LogP contribution in [0.15, 0.2) is 61.2 Å². The van der Waals surface area contributed by atoms with E-state index in [1.165, 1.54) is 11.1 Å². The molecule has 3 aromatic rings. The molecular weight excluding hydrogens is 350 g/mol. The second-order valence-corrected chi connectivity index (χ2v) is 7.16. The van der Waals surface area contributed by atoms with Crippen molar-refractivity contribution < 1.29 is 4.79 Å². The van der Waals surface area contributed by atoms with Gasteiger partial charge in [-0.2, -0.15) is 0 Å². The third-order valence-electron chi connectivity index (χ3n) is 4.97. The number of amides is 1.